The number of hydrogen-bond donors (Lipinski definition) is 2. The average Bonchev–Trinajstić information content (AvgIpc) is 2.49. The largest absolute Gasteiger partial charge is 0.390 e. The first-order valence-corrected chi connectivity index (χ1v) is 7.92. The van der Waals surface area contributed by atoms with Gasteiger partial charge in [0.15, 0.2) is 5.96 Å². The molecule has 0 atom stereocenters. The standard InChI is InChI=1S/C17H26F3N3.HI/c1-13(2)15-8-6-14(7-9-15)5-4-11-22-16(21-3)23-12-10-17(18,19)20;/h6-9,13H,4-5,10-12H2,1-3H3,(H2,21,22,23);1H. The van der Waals surface area contributed by atoms with E-state index in [0.717, 1.165) is 12.8 Å². The zero-order chi connectivity index (χ0) is 17.3. The molecule has 1 aromatic carbocycles. The number of aryl methyl sites for hydroxylation is 1. The Hall–Kier alpha value is -0.990. The molecule has 0 amide bonds. The second-order valence-electron chi connectivity index (χ2n) is 5.79. The maximum absolute atomic E-state index is 12.1. The molecule has 0 saturated heterocycles. The maximum Gasteiger partial charge on any atom is 0.390 e. The third kappa shape index (κ3) is 10.00. The Bertz CT molecular complexity index is 485. The van der Waals surface area contributed by atoms with Crippen molar-refractivity contribution in [3.63, 3.8) is 0 Å². The van der Waals surface area contributed by atoms with E-state index < -0.39 is 12.6 Å². The van der Waals surface area contributed by atoms with Gasteiger partial charge in [-0.25, -0.2) is 0 Å². The van der Waals surface area contributed by atoms with Crippen LogP contribution in [-0.4, -0.2) is 32.3 Å². The lowest BCUT2D eigenvalue weighted by molar-refractivity contribution is -0.132. The summed E-state index contributed by atoms with van der Waals surface area (Å²) in [6.07, 6.45) is -3.20. The van der Waals surface area contributed by atoms with Crippen molar-refractivity contribution < 1.29 is 13.2 Å². The lowest BCUT2D eigenvalue weighted by atomic mass is 10.0. The van der Waals surface area contributed by atoms with Crippen LogP contribution in [0.3, 0.4) is 0 Å². The number of benzene rings is 1. The van der Waals surface area contributed by atoms with Gasteiger partial charge in [-0.2, -0.15) is 13.2 Å². The van der Waals surface area contributed by atoms with Gasteiger partial charge in [0, 0.05) is 20.1 Å². The van der Waals surface area contributed by atoms with Crippen molar-refractivity contribution in [2.24, 2.45) is 4.99 Å². The van der Waals surface area contributed by atoms with Crippen LogP contribution in [0.15, 0.2) is 29.3 Å². The highest BCUT2D eigenvalue weighted by Gasteiger charge is 2.26. The predicted octanol–water partition coefficient (Wildman–Crippen LogP) is 4.48. The topological polar surface area (TPSA) is 36.4 Å². The molecule has 0 fully saturated rings. The lowest BCUT2D eigenvalue weighted by Crippen LogP contribution is -2.39. The monoisotopic (exact) mass is 457 g/mol. The van der Waals surface area contributed by atoms with E-state index in [-0.39, 0.29) is 30.5 Å². The maximum atomic E-state index is 12.1. The summed E-state index contributed by atoms with van der Waals surface area (Å²) in [6, 6.07) is 8.55. The summed E-state index contributed by atoms with van der Waals surface area (Å²) in [5.74, 6) is 0.932. The Kier molecular flexibility index (Phi) is 11.1. The van der Waals surface area contributed by atoms with Crippen LogP contribution < -0.4 is 10.6 Å². The molecule has 0 unspecified atom stereocenters. The molecule has 0 aliphatic heterocycles. The molecule has 0 aliphatic rings. The SMILES string of the molecule is CN=C(NCCCc1ccc(C(C)C)cc1)NCCC(F)(F)F.I. The van der Waals surface area contributed by atoms with Crippen LogP contribution in [0.25, 0.3) is 0 Å². The molecule has 0 heterocycles. The van der Waals surface area contributed by atoms with Gasteiger partial charge in [-0.1, -0.05) is 38.1 Å². The minimum atomic E-state index is -4.14. The van der Waals surface area contributed by atoms with Crippen molar-refractivity contribution in [3.05, 3.63) is 35.4 Å². The number of aliphatic imine (C=N–C) groups is 1. The molecule has 0 bridgehead atoms. The van der Waals surface area contributed by atoms with Crippen molar-refractivity contribution >= 4 is 29.9 Å². The van der Waals surface area contributed by atoms with Crippen molar-refractivity contribution in [1.29, 1.82) is 0 Å². The molecule has 0 saturated carbocycles. The molecule has 3 nitrogen and oxygen atoms in total. The highest BCUT2D eigenvalue weighted by Crippen LogP contribution is 2.18. The summed E-state index contributed by atoms with van der Waals surface area (Å²) < 4.78 is 36.2. The minimum Gasteiger partial charge on any atom is -0.356 e. The summed E-state index contributed by atoms with van der Waals surface area (Å²) in [7, 11) is 1.55. The van der Waals surface area contributed by atoms with E-state index in [1.807, 2.05) is 0 Å². The molecular weight excluding hydrogens is 430 g/mol. The number of rotatable bonds is 7. The van der Waals surface area contributed by atoms with Crippen molar-refractivity contribution in [2.45, 2.75) is 45.2 Å². The van der Waals surface area contributed by atoms with Gasteiger partial charge in [0.2, 0.25) is 0 Å². The van der Waals surface area contributed by atoms with E-state index in [9.17, 15) is 13.2 Å². The second-order valence-corrected chi connectivity index (χ2v) is 5.79. The summed E-state index contributed by atoms with van der Waals surface area (Å²) in [5.41, 5.74) is 2.58. The first-order valence-electron chi connectivity index (χ1n) is 7.92. The van der Waals surface area contributed by atoms with Gasteiger partial charge in [-0.05, 0) is 29.9 Å². The third-order valence-corrected chi connectivity index (χ3v) is 3.51. The minimum absolute atomic E-state index is 0. The van der Waals surface area contributed by atoms with Crippen LogP contribution in [0.5, 0.6) is 0 Å². The Labute approximate surface area is 159 Å². The van der Waals surface area contributed by atoms with E-state index in [1.54, 1.807) is 7.05 Å². The molecule has 0 radical (unpaired) electrons. The van der Waals surface area contributed by atoms with Gasteiger partial charge in [0.25, 0.3) is 0 Å². The molecule has 0 spiro atoms. The van der Waals surface area contributed by atoms with E-state index in [0.29, 0.717) is 18.4 Å². The van der Waals surface area contributed by atoms with E-state index in [2.05, 4.69) is 53.7 Å². The molecule has 2 N–H and O–H groups in total. The number of guanidine groups is 1. The van der Waals surface area contributed by atoms with Crippen LogP contribution in [0, 0.1) is 0 Å². The first kappa shape index (κ1) is 23.0. The molecule has 1 aromatic rings. The van der Waals surface area contributed by atoms with E-state index >= 15 is 0 Å². The zero-order valence-electron chi connectivity index (χ0n) is 14.4. The van der Waals surface area contributed by atoms with E-state index in [4.69, 9.17) is 0 Å². The highest BCUT2D eigenvalue weighted by atomic mass is 127. The zero-order valence-corrected chi connectivity index (χ0v) is 16.7. The summed E-state index contributed by atoms with van der Waals surface area (Å²) in [6.45, 7) is 4.82. The molecule has 0 aromatic heterocycles. The second kappa shape index (κ2) is 11.5. The van der Waals surface area contributed by atoms with Gasteiger partial charge in [-0.15, -0.1) is 24.0 Å². The quantitative estimate of drug-likeness (QED) is 0.274. The number of hydrogen-bond acceptors (Lipinski definition) is 1. The van der Waals surface area contributed by atoms with Gasteiger partial charge in [-0.3, -0.25) is 4.99 Å². The summed E-state index contributed by atoms with van der Waals surface area (Å²) in [4.78, 5) is 3.91. The van der Waals surface area contributed by atoms with E-state index in [1.165, 1.54) is 11.1 Å². The molecule has 7 heteroatoms. The normalized spacial score (nSPS) is 12.0. The van der Waals surface area contributed by atoms with Gasteiger partial charge < -0.3 is 10.6 Å². The number of halogens is 4. The summed E-state index contributed by atoms with van der Waals surface area (Å²) in [5, 5.41) is 5.69. The summed E-state index contributed by atoms with van der Waals surface area (Å²) >= 11 is 0. The Balaban J connectivity index is 0.00000529. The van der Waals surface area contributed by atoms with Crippen molar-refractivity contribution in [1.82, 2.24) is 10.6 Å². The Morgan fingerprint density at radius 3 is 2.17 bits per heavy atom. The van der Waals surface area contributed by atoms with Crippen LogP contribution in [0.2, 0.25) is 0 Å². The Morgan fingerprint density at radius 2 is 1.67 bits per heavy atom. The number of alkyl halides is 3. The van der Waals surface area contributed by atoms with Crippen molar-refractivity contribution in [3.8, 4) is 0 Å². The number of nitrogens with zero attached hydrogens (tertiary/aromatic N) is 1. The molecule has 0 aliphatic carbocycles. The fraction of sp³-hybridized carbons (Fsp3) is 0.588. The van der Waals surface area contributed by atoms with Gasteiger partial charge in [0.1, 0.15) is 0 Å². The van der Waals surface area contributed by atoms with Crippen LogP contribution in [-0.2, 0) is 6.42 Å². The molecule has 138 valence electrons. The molecule has 1 rings (SSSR count). The number of nitrogens with one attached hydrogen (secondary N) is 2. The Morgan fingerprint density at radius 1 is 1.08 bits per heavy atom. The molecule has 24 heavy (non-hydrogen) atoms. The average molecular weight is 457 g/mol. The third-order valence-electron chi connectivity index (χ3n) is 3.51. The van der Waals surface area contributed by atoms with Crippen LogP contribution in [0.4, 0.5) is 13.2 Å². The molecular formula is C17H27F3IN3. The smallest absolute Gasteiger partial charge is 0.356 e. The first-order chi connectivity index (χ1) is 10.8. The van der Waals surface area contributed by atoms with Gasteiger partial charge >= 0.3 is 6.18 Å². The van der Waals surface area contributed by atoms with Crippen LogP contribution >= 0.6 is 24.0 Å². The van der Waals surface area contributed by atoms with Crippen molar-refractivity contribution in [2.75, 3.05) is 20.1 Å². The van der Waals surface area contributed by atoms with Gasteiger partial charge in [0.05, 0.1) is 6.42 Å². The lowest BCUT2D eigenvalue weighted by Gasteiger charge is -2.13. The van der Waals surface area contributed by atoms with Crippen LogP contribution in [0.1, 0.15) is 43.7 Å². The predicted molar refractivity (Wildman–Crippen MR) is 104 cm³/mol. The highest BCUT2D eigenvalue weighted by molar-refractivity contribution is 14.0. The fourth-order valence-electron chi connectivity index (χ4n) is 2.11. The fourth-order valence-corrected chi connectivity index (χ4v) is 2.11.